The van der Waals surface area contributed by atoms with Crippen LogP contribution in [-0.2, 0) is 16.2 Å². The van der Waals surface area contributed by atoms with Crippen molar-refractivity contribution in [1.82, 2.24) is 14.1 Å². The maximum absolute atomic E-state index is 7.11. The number of hydrogen-bond acceptors (Lipinski definition) is 2. The van der Waals surface area contributed by atoms with Gasteiger partial charge in [0.2, 0.25) is 0 Å². The van der Waals surface area contributed by atoms with Gasteiger partial charge in [0.05, 0.1) is 33.4 Å². The summed E-state index contributed by atoms with van der Waals surface area (Å²) in [7, 11) is -3.06. The van der Waals surface area contributed by atoms with Gasteiger partial charge in [0.15, 0.2) is 8.07 Å². The van der Waals surface area contributed by atoms with Crippen molar-refractivity contribution in [3.05, 3.63) is 320 Å². The molecule has 5 nitrogen and oxygen atoms in total. The van der Waals surface area contributed by atoms with E-state index in [9.17, 15) is 0 Å². The topological polar surface area (TPSA) is 35.9 Å². The minimum atomic E-state index is -3.06. The smallest absolute Gasteiger partial charge is 0.269 e. The number of imidazole rings is 1. The van der Waals surface area contributed by atoms with Crippen molar-refractivity contribution < 1.29 is 9.30 Å². The van der Waals surface area contributed by atoms with Crippen LogP contribution in [0.5, 0.6) is 11.5 Å². The molecule has 0 N–H and O–H groups in total. The summed E-state index contributed by atoms with van der Waals surface area (Å²) < 4.78 is 14.1. The zero-order valence-corrected chi connectivity index (χ0v) is 57.0. The largest absolute Gasteiger partial charge is 0.458 e. The van der Waals surface area contributed by atoms with E-state index in [0.717, 1.165) is 106 Å². The Kier molecular flexibility index (Phi) is 14.5. The summed E-state index contributed by atoms with van der Waals surface area (Å²) >= 11 is 0. The second kappa shape index (κ2) is 23.2. The standard InChI is InChI=1S/C90H76N4OSi/c1-88(2,3)63-48-49-91-85(55-63)94-82-43-25-24-40-77(82)78-46-44-68(57-83(78)94)95-67-31-26-30-66(56-67)92-59-93-86-73(62-50-64(89(4,5)6)54-65(51-62)90(7,8)9)41-27-42-79(86)80-58-72(96(69-32-16-11-17-33-69,70-34-18-12-19-35-70)71-36-20-13-21-37-71)45-47-76(80)74-38-22-23-39-75(74)81-52-61(53-84(92)87(81)93)60-28-14-10-15-29-60/h10-58H,1-9H3. The van der Waals surface area contributed by atoms with Gasteiger partial charge in [-0.2, -0.15) is 0 Å². The van der Waals surface area contributed by atoms with Crippen LogP contribution in [0, 0.1) is 6.33 Å². The van der Waals surface area contributed by atoms with Crippen molar-refractivity contribution in [2.24, 2.45) is 0 Å². The van der Waals surface area contributed by atoms with Gasteiger partial charge in [0.25, 0.3) is 6.33 Å². The molecule has 0 fully saturated rings. The van der Waals surface area contributed by atoms with Crippen molar-refractivity contribution >= 4 is 61.7 Å². The van der Waals surface area contributed by atoms with Crippen LogP contribution in [0.3, 0.4) is 0 Å². The summed E-state index contributed by atoms with van der Waals surface area (Å²) in [6, 6.07) is 108. The fourth-order valence-corrected chi connectivity index (χ4v) is 19.6. The predicted molar refractivity (Wildman–Crippen MR) is 403 cm³/mol. The van der Waals surface area contributed by atoms with Gasteiger partial charge in [-0.25, -0.2) is 4.98 Å². The van der Waals surface area contributed by atoms with E-state index in [1.54, 1.807) is 0 Å². The maximum atomic E-state index is 7.11. The first-order valence-corrected chi connectivity index (χ1v) is 35.6. The van der Waals surface area contributed by atoms with Crippen LogP contribution >= 0.6 is 0 Å². The van der Waals surface area contributed by atoms with Gasteiger partial charge in [-0.15, -0.1) is 0 Å². The number of pyridine rings is 1. The van der Waals surface area contributed by atoms with Crippen LogP contribution in [0.4, 0.5) is 0 Å². The maximum Gasteiger partial charge on any atom is 0.269 e. The first-order valence-electron chi connectivity index (χ1n) is 33.6. The first-order chi connectivity index (χ1) is 46.5. The lowest BCUT2D eigenvalue weighted by Crippen LogP contribution is -2.74. The third-order valence-corrected chi connectivity index (χ3v) is 24.5. The van der Waals surface area contributed by atoms with Gasteiger partial charge < -0.3 is 4.74 Å². The second-order valence-corrected chi connectivity index (χ2v) is 32.8. The average Bonchev–Trinajstić information content (AvgIpc) is 1.55. The van der Waals surface area contributed by atoms with Crippen LogP contribution in [0.1, 0.15) is 79.0 Å². The van der Waals surface area contributed by atoms with Crippen LogP contribution in [0.25, 0.3) is 106 Å². The molecule has 466 valence electrons. The molecule has 4 heterocycles. The number of para-hydroxylation sites is 2. The highest BCUT2D eigenvalue weighted by molar-refractivity contribution is 7.20. The summed E-state index contributed by atoms with van der Waals surface area (Å²) in [6.07, 6.45) is 6.14. The lowest BCUT2D eigenvalue weighted by molar-refractivity contribution is -0.570. The van der Waals surface area contributed by atoms with Crippen molar-refractivity contribution in [2.45, 2.75) is 78.6 Å². The van der Waals surface area contributed by atoms with Gasteiger partial charge in [-0.3, -0.25) is 13.7 Å². The van der Waals surface area contributed by atoms with E-state index in [1.807, 2.05) is 6.20 Å². The van der Waals surface area contributed by atoms with E-state index < -0.39 is 8.07 Å². The molecule has 1 aliphatic heterocycles. The van der Waals surface area contributed by atoms with Crippen molar-refractivity contribution in [3.8, 4) is 84.3 Å². The van der Waals surface area contributed by atoms with E-state index in [4.69, 9.17) is 9.72 Å². The summed E-state index contributed by atoms with van der Waals surface area (Å²) in [5, 5.41) is 7.57. The molecule has 0 radical (unpaired) electrons. The number of benzene rings is 12. The zero-order chi connectivity index (χ0) is 65.7. The van der Waals surface area contributed by atoms with Gasteiger partial charge in [0, 0.05) is 23.0 Å². The van der Waals surface area contributed by atoms with E-state index in [0.29, 0.717) is 5.75 Å². The van der Waals surface area contributed by atoms with Crippen molar-refractivity contribution in [2.75, 3.05) is 0 Å². The quantitative estimate of drug-likeness (QED) is 0.0592. The zero-order valence-electron chi connectivity index (χ0n) is 56.0. The summed E-state index contributed by atoms with van der Waals surface area (Å²) in [5.41, 5.74) is 20.9. The first kappa shape index (κ1) is 60.0. The van der Waals surface area contributed by atoms with Crippen LogP contribution < -0.4 is 30.1 Å². The molecule has 0 aliphatic carbocycles. The number of rotatable bonds is 10. The Bertz CT molecular complexity index is 5360. The molecule has 0 amide bonds. The van der Waals surface area contributed by atoms with Crippen LogP contribution in [-0.4, -0.2) is 22.2 Å². The lowest BCUT2D eigenvalue weighted by Gasteiger charge is -2.35. The molecule has 16 rings (SSSR count). The van der Waals surface area contributed by atoms with E-state index in [2.05, 4.69) is 374 Å². The molecule has 6 heteroatoms. The molecule has 0 spiro atoms. The van der Waals surface area contributed by atoms with Gasteiger partial charge in [-0.05, 0) is 164 Å². The fourth-order valence-electron chi connectivity index (χ4n) is 14.8. The molecule has 3 aromatic heterocycles. The van der Waals surface area contributed by atoms with Crippen molar-refractivity contribution in [1.29, 1.82) is 0 Å². The van der Waals surface area contributed by atoms with Gasteiger partial charge in [-0.1, -0.05) is 293 Å². The number of ether oxygens (including phenoxy) is 1. The molecular weight excluding hydrogens is 1180 g/mol. The molecule has 1 aliphatic rings. The molecule has 96 heavy (non-hydrogen) atoms. The van der Waals surface area contributed by atoms with Crippen LogP contribution in [0.2, 0.25) is 0 Å². The Labute approximate surface area is 564 Å². The number of nitrogens with zero attached hydrogens (tertiary/aromatic N) is 4. The molecular formula is C90H76N4OSi. The van der Waals surface area contributed by atoms with E-state index >= 15 is 0 Å². The Morgan fingerprint density at radius 1 is 0.354 bits per heavy atom. The second-order valence-electron chi connectivity index (χ2n) is 29.0. The fraction of sp³-hybridized carbons (Fsp3) is 0.133. The SMILES string of the molecule is CC(C)(C)c1cc(-c2cccc3c2-[n+]2[c-]n(-c4cccc(Oc5ccc6c7ccccc7n(-c7cc(C(C)(C)C)ccn7)c6c5)c4)c4cc(-c5ccccc5)cc(c42)-c2ccccc2-c2ccc([Si](c4ccccc4)(c4ccccc4)c4ccccc4)cc2-3)cc(C(C)(C)C)c1. The molecule has 0 bridgehead atoms. The number of aromatic nitrogens is 4. The Morgan fingerprint density at radius 2 is 0.906 bits per heavy atom. The third-order valence-electron chi connectivity index (χ3n) is 19.8. The summed E-state index contributed by atoms with van der Waals surface area (Å²) in [5.74, 6) is 2.30. The van der Waals surface area contributed by atoms with Gasteiger partial charge >= 0.3 is 0 Å². The van der Waals surface area contributed by atoms with E-state index in [1.165, 1.54) is 43.0 Å². The van der Waals surface area contributed by atoms with E-state index in [-0.39, 0.29) is 16.2 Å². The third kappa shape index (κ3) is 10.3. The monoisotopic (exact) mass is 1260 g/mol. The van der Waals surface area contributed by atoms with Crippen LogP contribution in [0.15, 0.2) is 297 Å². The molecule has 0 saturated carbocycles. The number of fused-ring (bicyclic) bond motifs is 10. The molecule has 12 aromatic carbocycles. The highest BCUT2D eigenvalue weighted by Crippen LogP contribution is 2.48. The minimum Gasteiger partial charge on any atom is -0.458 e. The Hall–Kier alpha value is -10.9. The predicted octanol–water partition coefficient (Wildman–Crippen LogP) is 19.9. The summed E-state index contributed by atoms with van der Waals surface area (Å²) in [4.78, 5) is 4.99. The highest BCUT2D eigenvalue weighted by Gasteiger charge is 2.42. The average molecular weight is 1260 g/mol. The van der Waals surface area contributed by atoms with Gasteiger partial charge in [0.1, 0.15) is 17.3 Å². The Morgan fingerprint density at radius 3 is 1.56 bits per heavy atom. The molecule has 0 atom stereocenters. The highest BCUT2D eigenvalue weighted by atomic mass is 28.3. The molecule has 0 unspecified atom stereocenters. The molecule has 0 saturated heterocycles. The normalized spacial score (nSPS) is 12.4. The van der Waals surface area contributed by atoms with Crippen molar-refractivity contribution in [3.63, 3.8) is 0 Å². The molecule has 15 aromatic rings. The Balaban J connectivity index is 0.979. The number of hydrogen-bond donors (Lipinski definition) is 0. The lowest BCUT2D eigenvalue weighted by atomic mass is 9.78. The summed E-state index contributed by atoms with van der Waals surface area (Å²) in [6.45, 7) is 20.8. The minimum absolute atomic E-state index is 0.0547.